The Morgan fingerprint density at radius 1 is 1.08 bits per heavy atom. The maximum atomic E-state index is 12.4. The molecule has 0 aliphatic carbocycles. The molecule has 1 aromatic heterocycles. The van der Waals surface area contributed by atoms with Gasteiger partial charge in [-0.2, -0.15) is 0 Å². The summed E-state index contributed by atoms with van der Waals surface area (Å²) in [6.07, 6.45) is 1.49. The Bertz CT molecular complexity index is 931. The molecule has 0 radical (unpaired) electrons. The zero-order valence-corrected chi connectivity index (χ0v) is 14.4. The van der Waals surface area contributed by atoms with E-state index in [1.165, 1.54) is 11.8 Å². The highest BCUT2D eigenvalue weighted by molar-refractivity contribution is 8.00. The summed E-state index contributed by atoms with van der Waals surface area (Å²) < 4.78 is 5.20. The van der Waals surface area contributed by atoms with Crippen LogP contribution >= 0.6 is 11.8 Å². The molecule has 2 heterocycles. The van der Waals surface area contributed by atoms with E-state index in [9.17, 15) is 4.79 Å². The van der Waals surface area contributed by atoms with E-state index in [1.807, 2.05) is 43.3 Å². The van der Waals surface area contributed by atoms with Gasteiger partial charge in [0.15, 0.2) is 5.76 Å². The number of hydrogen-bond acceptors (Lipinski definition) is 4. The highest BCUT2D eigenvalue weighted by atomic mass is 32.2. The lowest BCUT2D eigenvalue weighted by Crippen LogP contribution is -2.39. The number of hydrogen-bond donors (Lipinski definition) is 1. The van der Waals surface area contributed by atoms with Gasteiger partial charge in [0.2, 0.25) is 0 Å². The fourth-order valence-electron chi connectivity index (χ4n) is 2.66. The molecule has 0 fully saturated rings. The highest BCUT2D eigenvalue weighted by Crippen LogP contribution is 2.38. The molecule has 1 aliphatic rings. The number of thioether (sulfide) groups is 1. The number of nitrogens with zero attached hydrogens (tertiary/aromatic N) is 1. The van der Waals surface area contributed by atoms with E-state index in [4.69, 9.17) is 9.41 Å². The van der Waals surface area contributed by atoms with Gasteiger partial charge in [-0.05, 0) is 36.8 Å². The molecule has 124 valence electrons. The predicted molar refractivity (Wildman–Crippen MR) is 99.6 cm³/mol. The molecule has 3 aromatic rings. The molecule has 0 unspecified atom stereocenters. The van der Waals surface area contributed by atoms with Crippen molar-refractivity contribution in [3.63, 3.8) is 0 Å². The van der Waals surface area contributed by atoms with Gasteiger partial charge in [0, 0.05) is 4.90 Å². The van der Waals surface area contributed by atoms with Crippen molar-refractivity contribution in [1.29, 1.82) is 0 Å². The van der Waals surface area contributed by atoms with Crippen LogP contribution in [-0.4, -0.2) is 17.0 Å². The van der Waals surface area contributed by atoms with Crippen molar-refractivity contribution in [2.75, 3.05) is 0 Å². The lowest BCUT2D eigenvalue weighted by Gasteiger charge is -2.25. The second-order valence-corrected chi connectivity index (χ2v) is 6.93. The first-order chi connectivity index (χ1) is 12.2. The fraction of sp³-hybridized carbons (Fsp3) is 0.100. The van der Waals surface area contributed by atoms with Crippen molar-refractivity contribution >= 4 is 29.1 Å². The Morgan fingerprint density at radius 3 is 2.64 bits per heavy atom. The van der Waals surface area contributed by atoms with Gasteiger partial charge < -0.3 is 9.73 Å². The molecule has 1 amide bonds. The van der Waals surface area contributed by atoms with Crippen molar-refractivity contribution in [2.24, 2.45) is 4.99 Å². The summed E-state index contributed by atoms with van der Waals surface area (Å²) in [5.74, 6) is 0.0457. The largest absolute Gasteiger partial charge is 0.459 e. The minimum absolute atomic E-state index is 0.248. The number of carbonyl (C=O) groups excluding carboxylic acids is 1. The first-order valence-electron chi connectivity index (χ1n) is 7.96. The molecule has 25 heavy (non-hydrogen) atoms. The normalized spacial score (nSPS) is 16.0. The molecule has 0 saturated heterocycles. The third-order valence-electron chi connectivity index (χ3n) is 3.95. The van der Waals surface area contributed by atoms with Crippen molar-refractivity contribution in [3.8, 4) is 0 Å². The predicted octanol–water partition coefficient (Wildman–Crippen LogP) is 4.57. The molecule has 5 heteroatoms. The topological polar surface area (TPSA) is 54.6 Å². The number of fused-ring (bicyclic) bond motifs is 1. The Morgan fingerprint density at radius 2 is 1.88 bits per heavy atom. The second-order valence-electron chi connectivity index (χ2n) is 5.78. The van der Waals surface area contributed by atoms with Crippen LogP contribution < -0.4 is 5.32 Å². The van der Waals surface area contributed by atoms with E-state index in [1.54, 1.807) is 23.9 Å². The number of amides is 1. The maximum absolute atomic E-state index is 12.4. The number of aryl methyl sites for hydroxylation is 1. The van der Waals surface area contributed by atoms with Crippen LogP contribution in [0.1, 0.15) is 21.7 Å². The summed E-state index contributed by atoms with van der Waals surface area (Å²) in [5, 5.41) is 2.74. The molecule has 0 bridgehead atoms. The minimum Gasteiger partial charge on any atom is -0.459 e. The van der Waals surface area contributed by atoms with Crippen molar-refractivity contribution < 1.29 is 9.21 Å². The summed E-state index contributed by atoms with van der Waals surface area (Å²) in [6, 6.07) is 19.5. The molecular weight excluding hydrogens is 332 g/mol. The summed E-state index contributed by atoms with van der Waals surface area (Å²) in [4.78, 5) is 18.3. The molecule has 0 spiro atoms. The molecule has 0 saturated carbocycles. The molecule has 1 atom stereocenters. The smallest absolute Gasteiger partial charge is 0.288 e. The zero-order chi connectivity index (χ0) is 17.2. The fourth-order valence-corrected chi connectivity index (χ4v) is 3.77. The van der Waals surface area contributed by atoms with Crippen LogP contribution in [-0.2, 0) is 0 Å². The Balaban J connectivity index is 1.71. The Labute approximate surface area is 150 Å². The van der Waals surface area contributed by atoms with E-state index < -0.39 is 0 Å². The average molecular weight is 348 g/mol. The SMILES string of the molecule is Cc1ccc(C2=Nc3ccccc3S[C@@H]2NC(=O)c2ccco2)cc1. The van der Waals surface area contributed by atoms with Crippen LogP contribution in [0.5, 0.6) is 0 Å². The van der Waals surface area contributed by atoms with Crippen LogP contribution in [0.3, 0.4) is 0 Å². The van der Waals surface area contributed by atoms with Crippen LogP contribution in [0.4, 0.5) is 5.69 Å². The lowest BCUT2D eigenvalue weighted by atomic mass is 10.1. The molecule has 1 N–H and O–H groups in total. The van der Waals surface area contributed by atoms with Gasteiger partial charge in [0.1, 0.15) is 5.37 Å². The molecule has 1 aliphatic heterocycles. The molecule has 2 aromatic carbocycles. The average Bonchev–Trinajstić information content (AvgIpc) is 3.17. The Hall–Kier alpha value is -2.79. The van der Waals surface area contributed by atoms with Crippen LogP contribution in [0.25, 0.3) is 0 Å². The number of furan rings is 1. The highest BCUT2D eigenvalue weighted by Gasteiger charge is 2.27. The van der Waals surface area contributed by atoms with Crippen molar-refractivity contribution in [3.05, 3.63) is 83.8 Å². The molecule has 4 nitrogen and oxygen atoms in total. The lowest BCUT2D eigenvalue weighted by molar-refractivity contribution is 0.0928. The summed E-state index contributed by atoms with van der Waals surface area (Å²) in [5.41, 5.74) is 3.94. The monoisotopic (exact) mass is 348 g/mol. The summed E-state index contributed by atoms with van der Waals surface area (Å²) >= 11 is 1.59. The van der Waals surface area contributed by atoms with Gasteiger partial charge in [-0.3, -0.25) is 4.79 Å². The summed E-state index contributed by atoms with van der Waals surface area (Å²) in [7, 11) is 0. The minimum atomic E-state index is -0.282. The van der Waals surface area contributed by atoms with Gasteiger partial charge >= 0.3 is 0 Å². The first-order valence-corrected chi connectivity index (χ1v) is 8.84. The number of aliphatic imine (C=N–C) groups is 1. The van der Waals surface area contributed by atoms with Gasteiger partial charge in [0.25, 0.3) is 5.91 Å². The summed E-state index contributed by atoms with van der Waals surface area (Å²) in [6.45, 7) is 2.05. The van der Waals surface area contributed by atoms with E-state index in [-0.39, 0.29) is 11.3 Å². The van der Waals surface area contributed by atoms with Crippen molar-refractivity contribution in [1.82, 2.24) is 5.32 Å². The van der Waals surface area contributed by atoms with Crippen LogP contribution in [0, 0.1) is 6.92 Å². The first kappa shape index (κ1) is 15.7. The van der Waals surface area contributed by atoms with E-state index in [0.717, 1.165) is 21.9 Å². The Kier molecular flexibility index (Phi) is 4.15. The van der Waals surface area contributed by atoms with Gasteiger partial charge in [-0.15, -0.1) is 0 Å². The van der Waals surface area contributed by atoms with E-state index in [0.29, 0.717) is 5.76 Å². The van der Waals surface area contributed by atoms with E-state index in [2.05, 4.69) is 17.4 Å². The van der Waals surface area contributed by atoms with Crippen LogP contribution in [0.15, 0.2) is 81.2 Å². The van der Waals surface area contributed by atoms with Gasteiger partial charge in [0.05, 0.1) is 17.7 Å². The van der Waals surface area contributed by atoms with Gasteiger partial charge in [-0.1, -0.05) is 53.7 Å². The maximum Gasteiger partial charge on any atom is 0.288 e. The van der Waals surface area contributed by atoms with E-state index >= 15 is 0 Å². The zero-order valence-electron chi connectivity index (χ0n) is 13.6. The number of nitrogens with one attached hydrogen (secondary N) is 1. The van der Waals surface area contributed by atoms with Crippen LogP contribution in [0.2, 0.25) is 0 Å². The van der Waals surface area contributed by atoms with Crippen molar-refractivity contribution in [2.45, 2.75) is 17.2 Å². The second kappa shape index (κ2) is 6.61. The molecule has 4 rings (SSSR count). The quantitative estimate of drug-likeness (QED) is 0.754. The third-order valence-corrected chi connectivity index (χ3v) is 5.13. The number of para-hydroxylation sites is 1. The number of carbonyl (C=O) groups is 1. The number of rotatable bonds is 3. The molecular formula is C20H16N2O2S. The standard InChI is InChI=1S/C20H16N2O2S/c1-13-8-10-14(11-9-13)18-20(22-19(23)16-6-4-12-24-16)25-17-7-3-2-5-15(17)21-18/h2-12,20H,1H3,(H,22,23)/t20-/m0/s1. The number of benzene rings is 2. The third kappa shape index (κ3) is 3.23. The van der Waals surface area contributed by atoms with Gasteiger partial charge in [-0.25, -0.2) is 4.99 Å².